The van der Waals surface area contributed by atoms with Gasteiger partial charge in [-0.05, 0) is 70.8 Å². The number of thiophene rings is 1. The van der Waals surface area contributed by atoms with Crippen LogP contribution in [0.3, 0.4) is 0 Å². The highest BCUT2D eigenvalue weighted by molar-refractivity contribution is 7.17. The zero-order valence-electron chi connectivity index (χ0n) is 23.2. The molecule has 0 aliphatic carbocycles. The Morgan fingerprint density at radius 2 is 1.92 bits per heavy atom. The summed E-state index contributed by atoms with van der Waals surface area (Å²) in [4.78, 5) is 31.2. The van der Waals surface area contributed by atoms with Gasteiger partial charge in [-0.15, -0.1) is 11.3 Å². The van der Waals surface area contributed by atoms with E-state index in [0.717, 1.165) is 61.5 Å². The molecule has 39 heavy (non-hydrogen) atoms. The minimum absolute atomic E-state index is 0.0152. The van der Waals surface area contributed by atoms with Crippen molar-refractivity contribution in [2.75, 3.05) is 70.1 Å². The number of amides is 1. The zero-order valence-corrected chi connectivity index (χ0v) is 24.1. The summed E-state index contributed by atoms with van der Waals surface area (Å²) in [7, 11) is 4.43. The summed E-state index contributed by atoms with van der Waals surface area (Å²) in [5, 5.41) is 9.63. The fourth-order valence-electron chi connectivity index (χ4n) is 6.44. The molecule has 2 unspecified atom stereocenters. The van der Waals surface area contributed by atoms with Crippen LogP contribution in [0.4, 0.5) is 11.8 Å². The third kappa shape index (κ3) is 5.96. The number of likely N-dealkylation sites (tertiary alicyclic amines) is 1. The normalized spacial score (nSPS) is 23.1. The summed E-state index contributed by atoms with van der Waals surface area (Å²) in [6.45, 7) is 7.18. The molecule has 8 nitrogen and oxygen atoms in total. The number of rotatable bonds is 7. The van der Waals surface area contributed by atoms with E-state index in [1.807, 2.05) is 0 Å². The third-order valence-corrected chi connectivity index (χ3v) is 9.68. The summed E-state index contributed by atoms with van der Waals surface area (Å²) in [5.74, 6) is 2.10. The first kappa shape index (κ1) is 26.6. The van der Waals surface area contributed by atoms with Crippen LogP contribution >= 0.6 is 11.3 Å². The third-order valence-electron chi connectivity index (χ3n) is 8.81. The zero-order chi connectivity index (χ0) is 26.8. The molecule has 6 rings (SSSR count). The summed E-state index contributed by atoms with van der Waals surface area (Å²) < 4.78 is 0. The molecule has 3 saturated heterocycles. The first-order chi connectivity index (χ1) is 19.0. The number of hydrogen-bond donors (Lipinski definition) is 2. The SMILES string of the molecule is CN(C)C1CCCN(CC2CCN(c3nc(NC(=O)C4CCNC4)nc4scc(-c5ccccc5)c34)CC2)C1. The van der Waals surface area contributed by atoms with E-state index in [4.69, 9.17) is 9.97 Å². The maximum atomic E-state index is 12.9. The van der Waals surface area contributed by atoms with Crippen molar-refractivity contribution in [1.29, 1.82) is 0 Å². The van der Waals surface area contributed by atoms with Gasteiger partial charge >= 0.3 is 0 Å². The van der Waals surface area contributed by atoms with Crippen LogP contribution in [-0.4, -0.2) is 91.6 Å². The molecule has 3 fully saturated rings. The average molecular weight is 548 g/mol. The second-order valence-corrected chi connectivity index (χ2v) is 12.6. The van der Waals surface area contributed by atoms with E-state index in [9.17, 15) is 4.79 Å². The highest BCUT2D eigenvalue weighted by Crippen LogP contribution is 2.40. The number of carbonyl (C=O) groups is 1. The molecule has 3 aliphatic rings. The lowest BCUT2D eigenvalue weighted by molar-refractivity contribution is -0.119. The Kier molecular flexibility index (Phi) is 8.11. The molecule has 3 aliphatic heterocycles. The summed E-state index contributed by atoms with van der Waals surface area (Å²) in [5.41, 5.74) is 2.35. The fraction of sp³-hybridized carbons (Fsp3) is 0.567. The standard InChI is InChI=1S/C30H41N7OS/c1-35(2)24-9-6-14-36(19-24)18-21-11-15-37(16-12-21)27-26-25(22-7-4-3-5-8-22)20-39-29(26)34-30(32-27)33-28(38)23-10-13-31-17-23/h3-5,7-8,20-21,23-24,31H,6,9-19H2,1-2H3,(H,32,33,34,38). The summed E-state index contributed by atoms with van der Waals surface area (Å²) in [6.07, 6.45) is 5.79. The highest BCUT2D eigenvalue weighted by atomic mass is 32.1. The van der Waals surface area contributed by atoms with Crippen molar-refractivity contribution in [2.45, 2.75) is 38.1 Å². The molecule has 1 aromatic carbocycles. The predicted molar refractivity (Wildman–Crippen MR) is 161 cm³/mol. The van der Waals surface area contributed by atoms with Crippen LogP contribution in [-0.2, 0) is 4.79 Å². The molecule has 2 N–H and O–H groups in total. The number of benzene rings is 1. The van der Waals surface area contributed by atoms with Crippen molar-refractivity contribution in [3.05, 3.63) is 35.7 Å². The van der Waals surface area contributed by atoms with E-state index < -0.39 is 0 Å². The number of nitrogens with one attached hydrogen (secondary N) is 2. The number of nitrogens with zero attached hydrogens (tertiary/aromatic N) is 5. The van der Waals surface area contributed by atoms with E-state index in [0.29, 0.717) is 17.9 Å². The smallest absolute Gasteiger partial charge is 0.232 e. The molecule has 5 heterocycles. The molecular formula is C30H41N7OS. The van der Waals surface area contributed by atoms with Gasteiger partial charge in [0.05, 0.1) is 11.3 Å². The minimum Gasteiger partial charge on any atom is -0.356 e. The molecule has 0 saturated carbocycles. The van der Waals surface area contributed by atoms with Crippen LogP contribution in [0.1, 0.15) is 32.1 Å². The Morgan fingerprint density at radius 1 is 1.10 bits per heavy atom. The molecule has 208 valence electrons. The van der Waals surface area contributed by atoms with Gasteiger partial charge in [0.1, 0.15) is 10.6 Å². The van der Waals surface area contributed by atoms with Crippen LogP contribution in [0.5, 0.6) is 0 Å². The number of piperidine rings is 2. The Hall–Kier alpha value is -2.59. The van der Waals surface area contributed by atoms with Crippen molar-refractivity contribution in [2.24, 2.45) is 11.8 Å². The Bertz CT molecular complexity index is 1270. The summed E-state index contributed by atoms with van der Waals surface area (Å²) in [6, 6.07) is 11.2. The van der Waals surface area contributed by atoms with Gasteiger partial charge in [-0.3, -0.25) is 10.1 Å². The quantitative estimate of drug-likeness (QED) is 0.460. The molecule has 0 radical (unpaired) electrons. The highest BCUT2D eigenvalue weighted by Gasteiger charge is 2.29. The minimum atomic E-state index is -0.0198. The fourth-order valence-corrected chi connectivity index (χ4v) is 7.38. The monoisotopic (exact) mass is 547 g/mol. The number of anilines is 2. The summed E-state index contributed by atoms with van der Waals surface area (Å²) >= 11 is 1.63. The van der Waals surface area contributed by atoms with Gasteiger partial charge in [0.25, 0.3) is 0 Å². The van der Waals surface area contributed by atoms with Gasteiger partial charge in [0.15, 0.2) is 0 Å². The van der Waals surface area contributed by atoms with Crippen LogP contribution in [0.2, 0.25) is 0 Å². The second-order valence-electron chi connectivity index (χ2n) is 11.7. The van der Waals surface area contributed by atoms with Crippen LogP contribution in [0.25, 0.3) is 21.3 Å². The lowest BCUT2D eigenvalue weighted by Gasteiger charge is -2.40. The number of fused-ring (bicyclic) bond motifs is 1. The van der Waals surface area contributed by atoms with Gasteiger partial charge in [-0.25, -0.2) is 4.98 Å². The Balaban J connectivity index is 1.23. The van der Waals surface area contributed by atoms with E-state index in [1.165, 1.54) is 43.6 Å². The Morgan fingerprint density at radius 3 is 2.67 bits per heavy atom. The number of aromatic nitrogens is 2. The molecule has 2 atom stereocenters. The van der Waals surface area contributed by atoms with Crippen molar-refractivity contribution in [1.82, 2.24) is 25.1 Å². The second kappa shape index (κ2) is 11.9. The van der Waals surface area contributed by atoms with Crippen LogP contribution < -0.4 is 15.5 Å². The largest absolute Gasteiger partial charge is 0.356 e. The molecule has 1 amide bonds. The first-order valence-electron chi connectivity index (χ1n) is 14.5. The van der Waals surface area contributed by atoms with E-state index in [2.05, 4.69) is 75.1 Å². The van der Waals surface area contributed by atoms with Crippen LogP contribution in [0, 0.1) is 11.8 Å². The predicted octanol–water partition coefficient (Wildman–Crippen LogP) is 4.15. The molecule has 3 aromatic rings. The van der Waals surface area contributed by atoms with E-state index in [-0.39, 0.29) is 11.8 Å². The lowest BCUT2D eigenvalue weighted by Crippen LogP contribution is -2.47. The molecule has 0 bridgehead atoms. The number of hydrogen-bond acceptors (Lipinski definition) is 8. The molecule has 9 heteroatoms. The maximum absolute atomic E-state index is 12.9. The van der Waals surface area contributed by atoms with Gasteiger partial charge in [-0.2, -0.15) is 4.98 Å². The van der Waals surface area contributed by atoms with E-state index >= 15 is 0 Å². The lowest BCUT2D eigenvalue weighted by atomic mass is 9.94. The topological polar surface area (TPSA) is 76.6 Å². The van der Waals surface area contributed by atoms with Crippen molar-refractivity contribution < 1.29 is 4.79 Å². The van der Waals surface area contributed by atoms with E-state index in [1.54, 1.807) is 11.3 Å². The average Bonchev–Trinajstić information content (AvgIpc) is 3.65. The first-order valence-corrected chi connectivity index (χ1v) is 15.4. The van der Waals surface area contributed by atoms with Gasteiger partial charge < -0.3 is 20.0 Å². The van der Waals surface area contributed by atoms with Crippen molar-refractivity contribution in [3.63, 3.8) is 0 Å². The van der Waals surface area contributed by atoms with Crippen molar-refractivity contribution >= 4 is 39.2 Å². The van der Waals surface area contributed by atoms with Gasteiger partial charge in [0, 0.05) is 49.7 Å². The maximum Gasteiger partial charge on any atom is 0.232 e. The van der Waals surface area contributed by atoms with Gasteiger partial charge in [-0.1, -0.05) is 30.3 Å². The number of carbonyl (C=O) groups excluding carboxylic acids is 1. The molecule has 2 aromatic heterocycles. The van der Waals surface area contributed by atoms with Gasteiger partial charge in [0.2, 0.25) is 11.9 Å². The van der Waals surface area contributed by atoms with Crippen molar-refractivity contribution in [3.8, 4) is 11.1 Å². The molecular weight excluding hydrogens is 506 g/mol. The number of likely N-dealkylation sites (N-methyl/N-ethyl adjacent to an activating group) is 1. The molecule has 0 spiro atoms. The Labute approximate surface area is 235 Å². The van der Waals surface area contributed by atoms with Crippen LogP contribution in [0.15, 0.2) is 35.7 Å².